The van der Waals surface area contributed by atoms with Crippen LogP contribution in [0.25, 0.3) is 0 Å². The summed E-state index contributed by atoms with van der Waals surface area (Å²) >= 11 is 0. The van der Waals surface area contributed by atoms with Gasteiger partial charge in [-0.2, -0.15) is 0 Å². The average Bonchev–Trinajstić information content (AvgIpc) is 2.65. The highest BCUT2D eigenvalue weighted by Gasteiger charge is 2.31. The molecule has 1 aliphatic rings. The molecule has 28 heavy (non-hydrogen) atoms. The number of allylic oxidation sites excluding steroid dienone is 2. The molecule has 0 aliphatic carbocycles. The number of rotatable bonds is 2. The van der Waals surface area contributed by atoms with Crippen LogP contribution in [0.3, 0.4) is 0 Å². The van der Waals surface area contributed by atoms with Crippen LogP contribution >= 0.6 is 0 Å². The Morgan fingerprint density at radius 3 is 2.25 bits per heavy atom. The lowest BCUT2D eigenvalue weighted by molar-refractivity contribution is 0.0600. The number of anilines is 1. The van der Waals surface area contributed by atoms with Gasteiger partial charge in [0.25, 0.3) is 0 Å². The zero-order valence-corrected chi connectivity index (χ0v) is 17.5. The van der Waals surface area contributed by atoms with E-state index >= 15 is 0 Å². The minimum Gasteiger partial charge on any atom is -0.465 e. The molecular weight excluding hydrogens is 346 g/mol. The van der Waals surface area contributed by atoms with Crippen LogP contribution in [0, 0.1) is 11.8 Å². The Labute approximate surface area is 168 Å². The Morgan fingerprint density at radius 1 is 1.04 bits per heavy atom. The second-order valence-corrected chi connectivity index (χ2v) is 8.02. The van der Waals surface area contributed by atoms with E-state index in [2.05, 4.69) is 75.6 Å². The van der Waals surface area contributed by atoms with Crippen LogP contribution in [-0.2, 0) is 10.2 Å². The number of carbonyl (C=O) groups is 1. The largest absolute Gasteiger partial charge is 0.465 e. The molecule has 0 N–H and O–H groups in total. The van der Waals surface area contributed by atoms with Crippen molar-refractivity contribution in [1.29, 1.82) is 0 Å². The summed E-state index contributed by atoms with van der Waals surface area (Å²) in [5.74, 6) is 6.11. The monoisotopic (exact) mass is 373 g/mol. The van der Waals surface area contributed by atoms with Gasteiger partial charge in [0.2, 0.25) is 0 Å². The summed E-state index contributed by atoms with van der Waals surface area (Å²) in [6.07, 6.45) is 2.33. The van der Waals surface area contributed by atoms with E-state index in [-0.39, 0.29) is 11.4 Å². The summed E-state index contributed by atoms with van der Waals surface area (Å²) in [7, 11) is 1.38. The van der Waals surface area contributed by atoms with Gasteiger partial charge in [0.1, 0.15) is 0 Å². The van der Waals surface area contributed by atoms with Gasteiger partial charge < -0.3 is 9.64 Å². The summed E-state index contributed by atoms with van der Waals surface area (Å²) in [6, 6.07) is 14.0. The maximum absolute atomic E-state index is 11.5. The van der Waals surface area contributed by atoms with Crippen molar-refractivity contribution in [2.24, 2.45) is 0 Å². The number of nitrogens with zero attached hydrogens (tertiary/aromatic N) is 1. The van der Waals surface area contributed by atoms with Gasteiger partial charge in [-0.25, -0.2) is 4.79 Å². The Kier molecular flexibility index (Phi) is 5.34. The molecule has 0 saturated carbocycles. The first-order valence-electron chi connectivity index (χ1n) is 9.56. The molecule has 0 saturated heterocycles. The van der Waals surface area contributed by atoms with E-state index in [9.17, 15) is 4.79 Å². The molecule has 0 radical (unpaired) electrons. The van der Waals surface area contributed by atoms with E-state index in [1.165, 1.54) is 24.1 Å². The van der Waals surface area contributed by atoms with Crippen LogP contribution < -0.4 is 4.90 Å². The fraction of sp³-hybridized carbons (Fsp3) is 0.320. The van der Waals surface area contributed by atoms with E-state index in [1.54, 1.807) is 12.1 Å². The third kappa shape index (κ3) is 3.82. The summed E-state index contributed by atoms with van der Waals surface area (Å²) < 4.78 is 4.73. The van der Waals surface area contributed by atoms with Crippen molar-refractivity contribution < 1.29 is 9.53 Å². The highest BCUT2D eigenvalue weighted by atomic mass is 16.5. The first kappa shape index (κ1) is 19.8. The van der Waals surface area contributed by atoms with E-state index in [0.717, 1.165) is 11.1 Å². The second kappa shape index (κ2) is 7.56. The van der Waals surface area contributed by atoms with Gasteiger partial charge >= 0.3 is 5.97 Å². The van der Waals surface area contributed by atoms with Gasteiger partial charge in [0, 0.05) is 34.0 Å². The molecule has 144 valence electrons. The molecule has 1 aliphatic heterocycles. The molecule has 2 aromatic rings. The number of hydrogen-bond donors (Lipinski definition) is 0. The van der Waals surface area contributed by atoms with Crippen LogP contribution in [0.1, 0.15) is 61.7 Å². The van der Waals surface area contributed by atoms with Crippen molar-refractivity contribution in [3.8, 4) is 11.8 Å². The number of fused-ring (bicyclic) bond motifs is 1. The van der Waals surface area contributed by atoms with Crippen LogP contribution in [0.5, 0.6) is 0 Å². The van der Waals surface area contributed by atoms with Gasteiger partial charge in [0.15, 0.2) is 0 Å². The number of ether oxygens (including phenoxy) is 1. The first-order chi connectivity index (χ1) is 13.2. The minimum atomic E-state index is -0.338. The Bertz CT molecular complexity index is 985. The molecule has 0 atom stereocenters. The summed E-state index contributed by atoms with van der Waals surface area (Å²) in [5, 5.41) is 0. The van der Waals surface area contributed by atoms with E-state index in [1.807, 2.05) is 12.1 Å². The van der Waals surface area contributed by atoms with E-state index in [4.69, 9.17) is 4.74 Å². The number of esters is 1. The van der Waals surface area contributed by atoms with Gasteiger partial charge in [-0.3, -0.25) is 0 Å². The molecule has 2 aromatic carbocycles. The minimum absolute atomic E-state index is 0.0370. The van der Waals surface area contributed by atoms with E-state index in [0.29, 0.717) is 11.6 Å². The average molecular weight is 373 g/mol. The predicted octanol–water partition coefficient (Wildman–Crippen LogP) is 5.28. The predicted molar refractivity (Wildman–Crippen MR) is 115 cm³/mol. The maximum Gasteiger partial charge on any atom is 0.337 e. The third-order valence-electron chi connectivity index (χ3n) is 5.07. The van der Waals surface area contributed by atoms with Crippen molar-refractivity contribution in [3.05, 3.63) is 76.5 Å². The second-order valence-electron chi connectivity index (χ2n) is 8.02. The smallest absolute Gasteiger partial charge is 0.337 e. The normalized spacial score (nSPS) is 14.7. The Hall–Kier alpha value is -2.99. The molecule has 3 nitrogen and oxygen atoms in total. The standard InChI is InChI=1S/C25H27NO2/c1-17(2)26-18(3)16-25(4,5)22-15-20(11-14-23(22)26)8-7-19-9-12-21(13-10-19)24(27)28-6/h9-17H,1-6H3. The number of benzene rings is 2. The maximum atomic E-state index is 11.5. The third-order valence-corrected chi connectivity index (χ3v) is 5.07. The van der Waals surface area contributed by atoms with Crippen molar-refractivity contribution in [3.63, 3.8) is 0 Å². The number of hydrogen-bond acceptors (Lipinski definition) is 3. The lowest BCUT2D eigenvalue weighted by Crippen LogP contribution is -2.36. The lowest BCUT2D eigenvalue weighted by Gasteiger charge is -2.40. The zero-order chi connectivity index (χ0) is 20.5. The Morgan fingerprint density at radius 2 is 1.64 bits per heavy atom. The summed E-state index contributed by atoms with van der Waals surface area (Å²) in [5.41, 5.74) is 6.18. The van der Waals surface area contributed by atoms with Crippen LogP contribution in [0.4, 0.5) is 5.69 Å². The van der Waals surface area contributed by atoms with Gasteiger partial charge in [-0.15, -0.1) is 0 Å². The quantitative estimate of drug-likeness (QED) is 0.530. The zero-order valence-electron chi connectivity index (χ0n) is 17.5. The number of carbonyl (C=O) groups excluding carboxylic acids is 1. The lowest BCUT2D eigenvalue weighted by atomic mass is 9.79. The van der Waals surface area contributed by atoms with Crippen molar-refractivity contribution in [2.45, 2.75) is 46.1 Å². The van der Waals surface area contributed by atoms with Crippen LogP contribution in [0.2, 0.25) is 0 Å². The molecule has 0 unspecified atom stereocenters. The Balaban J connectivity index is 1.94. The molecular formula is C25H27NO2. The fourth-order valence-corrected chi connectivity index (χ4v) is 3.84. The van der Waals surface area contributed by atoms with Gasteiger partial charge in [-0.1, -0.05) is 31.8 Å². The number of methoxy groups -OCH3 is 1. The molecule has 1 heterocycles. The highest BCUT2D eigenvalue weighted by molar-refractivity contribution is 5.89. The van der Waals surface area contributed by atoms with Crippen molar-refractivity contribution >= 4 is 11.7 Å². The van der Waals surface area contributed by atoms with Gasteiger partial charge in [-0.05, 0) is 68.8 Å². The molecule has 3 heteroatoms. The van der Waals surface area contributed by atoms with E-state index < -0.39 is 0 Å². The van der Waals surface area contributed by atoms with Crippen LogP contribution in [0.15, 0.2) is 54.2 Å². The fourth-order valence-electron chi connectivity index (χ4n) is 3.84. The summed E-state index contributed by atoms with van der Waals surface area (Å²) in [4.78, 5) is 13.9. The molecule has 0 amide bonds. The first-order valence-corrected chi connectivity index (χ1v) is 9.56. The highest BCUT2D eigenvalue weighted by Crippen LogP contribution is 2.41. The molecule has 0 spiro atoms. The SMILES string of the molecule is COC(=O)c1ccc(C#Cc2ccc3c(c2)C(C)(C)C=C(C)N3C(C)C)cc1. The van der Waals surface area contributed by atoms with Crippen LogP contribution in [-0.4, -0.2) is 19.1 Å². The molecule has 0 bridgehead atoms. The molecule has 0 fully saturated rings. The van der Waals surface area contributed by atoms with Crippen molar-refractivity contribution in [2.75, 3.05) is 12.0 Å². The van der Waals surface area contributed by atoms with Gasteiger partial charge in [0.05, 0.1) is 12.7 Å². The summed E-state index contributed by atoms with van der Waals surface area (Å²) in [6.45, 7) is 11.1. The topological polar surface area (TPSA) is 29.5 Å². The molecule has 0 aromatic heterocycles. The molecule has 3 rings (SSSR count). The van der Waals surface area contributed by atoms with Crippen molar-refractivity contribution in [1.82, 2.24) is 0 Å².